The van der Waals surface area contributed by atoms with Crippen molar-refractivity contribution in [1.29, 1.82) is 0 Å². The third kappa shape index (κ3) is 5.44. The Kier molecular flexibility index (Phi) is 6.04. The number of anilines is 1. The van der Waals surface area contributed by atoms with Crippen molar-refractivity contribution in [3.05, 3.63) is 70.8 Å². The van der Waals surface area contributed by atoms with Gasteiger partial charge in [0.15, 0.2) is 0 Å². The number of benzene rings is 2. The number of nitrogens with one attached hydrogen (secondary N) is 2. The number of carbonyl (C=O) groups excluding carboxylic acids is 1. The quantitative estimate of drug-likeness (QED) is 0.610. The minimum Gasteiger partial charge on any atom is -0.325 e. The predicted octanol–water partition coefficient (Wildman–Crippen LogP) is 4.50. The van der Waals surface area contributed by atoms with Crippen molar-refractivity contribution < 1.29 is 9.18 Å². The average molecular weight is 389 g/mol. The normalized spacial score (nSPS) is 11.0. The second kappa shape index (κ2) is 8.64. The first-order chi connectivity index (χ1) is 12.6. The predicted molar refractivity (Wildman–Crippen MR) is 103 cm³/mol. The molecule has 26 heavy (non-hydrogen) atoms. The van der Waals surface area contributed by atoms with E-state index in [0.717, 1.165) is 5.56 Å². The molecule has 0 bridgehead atoms. The Morgan fingerprint density at radius 1 is 1.15 bits per heavy atom. The average Bonchev–Trinajstić information content (AvgIpc) is 3.09. The van der Waals surface area contributed by atoms with Crippen molar-refractivity contribution in [2.24, 2.45) is 0 Å². The Labute approximate surface area is 158 Å². The summed E-state index contributed by atoms with van der Waals surface area (Å²) >= 11 is 7.02. The van der Waals surface area contributed by atoms with Crippen LogP contribution >= 0.6 is 23.4 Å². The molecule has 0 aliphatic heterocycles. The van der Waals surface area contributed by atoms with Gasteiger partial charge in [0.1, 0.15) is 11.6 Å². The van der Waals surface area contributed by atoms with Crippen LogP contribution in [0.2, 0.25) is 5.02 Å². The molecule has 0 atom stereocenters. The van der Waals surface area contributed by atoms with Crippen LogP contribution in [0.1, 0.15) is 11.4 Å². The number of H-pyrrole nitrogens is 1. The van der Waals surface area contributed by atoms with Gasteiger partial charge in [-0.15, -0.1) is 5.10 Å². The number of aromatic nitrogens is 3. The van der Waals surface area contributed by atoms with E-state index in [-0.39, 0.29) is 17.5 Å². The summed E-state index contributed by atoms with van der Waals surface area (Å²) in [4.78, 5) is 16.2. The minimum absolute atomic E-state index is 0.162. The lowest BCUT2D eigenvalue weighted by Gasteiger charge is -2.03. The van der Waals surface area contributed by atoms with Gasteiger partial charge in [-0.1, -0.05) is 41.6 Å². The topological polar surface area (TPSA) is 70.7 Å². The van der Waals surface area contributed by atoms with Crippen molar-refractivity contribution in [3.63, 3.8) is 0 Å². The van der Waals surface area contributed by atoms with Crippen LogP contribution in [0.5, 0.6) is 0 Å². The van der Waals surface area contributed by atoms with Crippen molar-refractivity contribution in [3.8, 4) is 0 Å². The molecule has 0 saturated carbocycles. The number of carbonyl (C=O) groups is 1. The van der Waals surface area contributed by atoms with Crippen molar-refractivity contribution in [2.75, 3.05) is 11.1 Å². The molecule has 8 heteroatoms. The summed E-state index contributed by atoms with van der Waals surface area (Å²) in [6.45, 7) is 0. The minimum atomic E-state index is -0.280. The molecule has 0 spiro atoms. The summed E-state index contributed by atoms with van der Waals surface area (Å²) in [6.07, 6.45) is 3.53. The molecule has 5 nitrogen and oxygen atoms in total. The van der Waals surface area contributed by atoms with Gasteiger partial charge in [0.2, 0.25) is 11.1 Å². The molecule has 2 N–H and O–H groups in total. The van der Waals surface area contributed by atoms with E-state index >= 15 is 0 Å². The largest absolute Gasteiger partial charge is 0.325 e. The van der Waals surface area contributed by atoms with Crippen LogP contribution < -0.4 is 5.32 Å². The summed E-state index contributed by atoms with van der Waals surface area (Å²) in [5, 5.41) is 10.7. The summed E-state index contributed by atoms with van der Waals surface area (Å²) < 4.78 is 12.9. The maximum atomic E-state index is 12.9. The van der Waals surface area contributed by atoms with Crippen LogP contribution in [0.3, 0.4) is 0 Å². The highest BCUT2D eigenvalue weighted by atomic mass is 35.5. The lowest BCUT2D eigenvalue weighted by molar-refractivity contribution is -0.113. The molecule has 1 amide bonds. The monoisotopic (exact) mass is 388 g/mol. The molecule has 0 aliphatic carbocycles. The van der Waals surface area contributed by atoms with Crippen LogP contribution in [0.4, 0.5) is 10.1 Å². The Hall–Kier alpha value is -2.64. The van der Waals surface area contributed by atoms with E-state index < -0.39 is 0 Å². The van der Waals surface area contributed by atoms with Gasteiger partial charge in [0.05, 0.1) is 5.75 Å². The van der Waals surface area contributed by atoms with Gasteiger partial charge in [0, 0.05) is 10.7 Å². The number of rotatable bonds is 6. The van der Waals surface area contributed by atoms with Gasteiger partial charge in [0.25, 0.3) is 0 Å². The van der Waals surface area contributed by atoms with Crippen molar-refractivity contribution in [1.82, 2.24) is 15.2 Å². The molecule has 0 unspecified atom stereocenters. The Bertz CT molecular complexity index is 910. The zero-order chi connectivity index (χ0) is 18.4. The van der Waals surface area contributed by atoms with Gasteiger partial charge < -0.3 is 5.32 Å². The van der Waals surface area contributed by atoms with E-state index in [0.29, 0.717) is 21.7 Å². The highest BCUT2D eigenvalue weighted by Crippen LogP contribution is 2.16. The van der Waals surface area contributed by atoms with Crippen LogP contribution in [0.15, 0.2) is 53.7 Å². The van der Waals surface area contributed by atoms with Gasteiger partial charge in [-0.3, -0.25) is 9.89 Å². The van der Waals surface area contributed by atoms with E-state index in [9.17, 15) is 9.18 Å². The fraction of sp³-hybridized carbons (Fsp3) is 0.0556. The van der Waals surface area contributed by atoms with Crippen LogP contribution in [0.25, 0.3) is 12.2 Å². The molecule has 0 saturated heterocycles. The number of hydrogen-bond acceptors (Lipinski definition) is 4. The van der Waals surface area contributed by atoms with Gasteiger partial charge in [-0.05, 0) is 48.0 Å². The number of aromatic amines is 1. The second-order valence-corrected chi connectivity index (χ2v) is 6.61. The molecule has 1 aromatic heterocycles. The fourth-order valence-electron chi connectivity index (χ4n) is 2.01. The molecule has 3 rings (SSSR count). The number of nitrogens with zero attached hydrogens (tertiary/aromatic N) is 2. The molecule has 2 aromatic carbocycles. The van der Waals surface area contributed by atoms with Crippen molar-refractivity contribution >= 4 is 47.1 Å². The zero-order valence-corrected chi connectivity index (χ0v) is 15.0. The van der Waals surface area contributed by atoms with E-state index in [1.54, 1.807) is 48.6 Å². The van der Waals surface area contributed by atoms with E-state index in [4.69, 9.17) is 11.6 Å². The van der Waals surface area contributed by atoms with E-state index in [1.165, 1.54) is 23.9 Å². The SMILES string of the molecule is O=C(CSc1n[nH]c(/C=C/c2ccc(F)cc2)n1)Nc1ccc(Cl)cc1. The highest BCUT2D eigenvalue weighted by molar-refractivity contribution is 7.99. The third-order valence-corrected chi connectivity index (χ3v) is 4.35. The highest BCUT2D eigenvalue weighted by Gasteiger charge is 2.07. The smallest absolute Gasteiger partial charge is 0.234 e. The lowest BCUT2D eigenvalue weighted by atomic mass is 10.2. The van der Waals surface area contributed by atoms with Gasteiger partial charge in [-0.2, -0.15) is 0 Å². The first kappa shape index (κ1) is 18.2. The van der Waals surface area contributed by atoms with Crippen LogP contribution in [-0.2, 0) is 4.79 Å². The number of hydrogen-bond donors (Lipinski definition) is 2. The van der Waals surface area contributed by atoms with E-state index in [2.05, 4.69) is 20.5 Å². The Morgan fingerprint density at radius 2 is 1.88 bits per heavy atom. The summed E-state index contributed by atoms with van der Waals surface area (Å²) in [5.41, 5.74) is 1.53. The second-order valence-electron chi connectivity index (χ2n) is 5.23. The molecule has 132 valence electrons. The van der Waals surface area contributed by atoms with Gasteiger partial charge >= 0.3 is 0 Å². The molecule has 0 radical (unpaired) electrons. The standard InChI is InChI=1S/C18H14ClFN4OS/c19-13-4-8-15(9-5-13)21-17(25)11-26-18-22-16(23-24-18)10-3-12-1-6-14(20)7-2-12/h1-10H,11H2,(H,21,25)(H,22,23,24)/b10-3+. The van der Waals surface area contributed by atoms with Crippen LogP contribution in [-0.4, -0.2) is 26.8 Å². The summed E-state index contributed by atoms with van der Waals surface area (Å²) in [6, 6.07) is 13.0. The Balaban J connectivity index is 1.50. The summed E-state index contributed by atoms with van der Waals surface area (Å²) in [7, 11) is 0. The molecule has 0 fully saturated rings. The molecule has 0 aliphatic rings. The summed E-state index contributed by atoms with van der Waals surface area (Å²) in [5.74, 6) is 0.291. The molecule has 1 heterocycles. The first-order valence-electron chi connectivity index (χ1n) is 7.63. The molecule has 3 aromatic rings. The van der Waals surface area contributed by atoms with Crippen LogP contribution in [0, 0.1) is 5.82 Å². The Morgan fingerprint density at radius 3 is 2.62 bits per heavy atom. The zero-order valence-electron chi connectivity index (χ0n) is 13.4. The maximum absolute atomic E-state index is 12.9. The fourth-order valence-corrected chi connectivity index (χ4v) is 2.74. The number of thioether (sulfide) groups is 1. The van der Waals surface area contributed by atoms with E-state index in [1.807, 2.05) is 0 Å². The lowest BCUT2D eigenvalue weighted by Crippen LogP contribution is -2.13. The van der Waals surface area contributed by atoms with Gasteiger partial charge in [-0.25, -0.2) is 9.37 Å². The first-order valence-corrected chi connectivity index (χ1v) is 8.99. The molecular weight excluding hydrogens is 375 g/mol. The third-order valence-electron chi connectivity index (χ3n) is 3.25. The molecular formula is C18H14ClFN4OS. The number of amides is 1. The van der Waals surface area contributed by atoms with Crippen molar-refractivity contribution in [2.45, 2.75) is 5.16 Å². The maximum Gasteiger partial charge on any atom is 0.234 e. The number of halogens is 2.